The highest BCUT2D eigenvalue weighted by atomic mass is 16.2. The molecular formula is C21H27N3O3. The third-order valence-corrected chi connectivity index (χ3v) is 5.54. The Balaban J connectivity index is 1.61. The molecule has 2 N–H and O–H groups in total. The minimum atomic E-state index is -0.539. The van der Waals surface area contributed by atoms with Gasteiger partial charge in [-0.25, -0.2) is 4.79 Å². The molecule has 1 atom stereocenters. The van der Waals surface area contributed by atoms with E-state index in [4.69, 9.17) is 0 Å². The van der Waals surface area contributed by atoms with Gasteiger partial charge in [-0.3, -0.25) is 14.6 Å². The molecule has 1 fully saturated rings. The van der Waals surface area contributed by atoms with Crippen molar-refractivity contribution in [2.45, 2.75) is 46.0 Å². The summed E-state index contributed by atoms with van der Waals surface area (Å²) in [4.78, 5) is 42.6. The molecule has 27 heavy (non-hydrogen) atoms. The van der Waals surface area contributed by atoms with Crippen molar-refractivity contribution in [3.8, 4) is 0 Å². The van der Waals surface area contributed by atoms with Crippen molar-refractivity contribution >= 4 is 5.91 Å². The van der Waals surface area contributed by atoms with Crippen molar-refractivity contribution in [2.24, 2.45) is 5.92 Å². The quantitative estimate of drug-likeness (QED) is 0.846. The highest BCUT2D eigenvalue weighted by Gasteiger charge is 2.24. The zero-order valence-corrected chi connectivity index (χ0v) is 16.0. The number of piperidine rings is 1. The van der Waals surface area contributed by atoms with Gasteiger partial charge in [0.15, 0.2) is 0 Å². The third-order valence-electron chi connectivity index (χ3n) is 5.54. The van der Waals surface area contributed by atoms with Crippen molar-refractivity contribution in [2.75, 3.05) is 13.1 Å². The molecule has 0 aliphatic carbocycles. The standard InChI is InChI=1S/C21H27N3O3/c1-14-6-3-4-8-17(14)10-9-16-7-5-11-24(13-16)19(25)12-18-15(2)22-21(27)23-20(18)26/h3-4,6,8,16H,5,7,9-13H2,1-2H3,(H2,22,23,26,27)/t16-/m1/s1. The number of aryl methyl sites for hydroxylation is 3. The molecule has 2 aromatic rings. The molecule has 1 amide bonds. The lowest BCUT2D eigenvalue weighted by atomic mass is 9.90. The predicted octanol–water partition coefficient (Wildman–Crippen LogP) is 2.09. The van der Waals surface area contributed by atoms with Gasteiger partial charge < -0.3 is 9.88 Å². The van der Waals surface area contributed by atoms with Crippen molar-refractivity contribution in [1.82, 2.24) is 14.9 Å². The average molecular weight is 369 g/mol. The molecule has 1 aliphatic heterocycles. The van der Waals surface area contributed by atoms with Gasteiger partial charge >= 0.3 is 5.69 Å². The van der Waals surface area contributed by atoms with Gasteiger partial charge in [-0.05, 0) is 56.6 Å². The lowest BCUT2D eigenvalue weighted by Gasteiger charge is -2.33. The normalized spacial score (nSPS) is 17.1. The Kier molecular flexibility index (Phi) is 5.94. The Morgan fingerprint density at radius 1 is 1.19 bits per heavy atom. The summed E-state index contributed by atoms with van der Waals surface area (Å²) in [6.07, 6.45) is 4.24. The van der Waals surface area contributed by atoms with E-state index in [1.54, 1.807) is 6.92 Å². The number of nitrogens with zero attached hydrogens (tertiary/aromatic N) is 1. The summed E-state index contributed by atoms with van der Waals surface area (Å²) >= 11 is 0. The number of carbonyl (C=O) groups excluding carboxylic acids is 1. The van der Waals surface area contributed by atoms with Crippen LogP contribution in [0.15, 0.2) is 33.9 Å². The number of H-pyrrole nitrogens is 2. The van der Waals surface area contributed by atoms with Gasteiger partial charge in [0, 0.05) is 24.3 Å². The second-order valence-corrected chi connectivity index (χ2v) is 7.50. The molecule has 144 valence electrons. The first-order chi connectivity index (χ1) is 12.9. The monoisotopic (exact) mass is 369 g/mol. The van der Waals surface area contributed by atoms with Gasteiger partial charge in [0.1, 0.15) is 0 Å². The van der Waals surface area contributed by atoms with Crippen LogP contribution in [-0.2, 0) is 17.6 Å². The molecular weight excluding hydrogens is 342 g/mol. The highest BCUT2D eigenvalue weighted by Crippen LogP contribution is 2.23. The highest BCUT2D eigenvalue weighted by molar-refractivity contribution is 5.79. The first kappa shape index (κ1) is 19.1. The Hall–Kier alpha value is -2.63. The number of likely N-dealkylation sites (tertiary alicyclic amines) is 1. The van der Waals surface area contributed by atoms with Crippen molar-refractivity contribution in [3.05, 3.63) is 67.5 Å². The molecule has 1 aromatic heterocycles. The van der Waals surface area contributed by atoms with E-state index in [0.717, 1.165) is 38.8 Å². The number of aromatic nitrogens is 2. The summed E-state index contributed by atoms with van der Waals surface area (Å²) in [6, 6.07) is 8.44. The van der Waals surface area contributed by atoms with E-state index in [1.165, 1.54) is 11.1 Å². The van der Waals surface area contributed by atoms with Crippen LogP contribution in [0.25, 0.3) is 0 Å². The van der Waals surface area contributed by atoms with Crippen LogP contribution in [0.1, 0.15) is 41.6 Å². The molecule has 0 spiro atoms. The van der Waals surface area contributed by atoms with Crippen molar-refractivity contribution in [1.29, 1.82) is 0 Å². The van der Waals surface area contributed by atoms with Gasteiger partial charge in [0.05, 0.1) is 6.42 Å². The molecule has 0 unspecified atom stereocenters. The fraction of sp³-hybridized carbons (Fsp3) is 0.476. The zero-order chi connectivity index (χ0) is 19.4. The summed E-state index contributed by atoms with van der Waals surface area (Å²) in [7, 11) is 0. The molecule has 2 heterocycles. The minimum absolute atomic E-state index is 0.0302. The van der Waals surface area contributed by atoms with Crippen LogP contribution in [0.4, 0.5) is 0 Å². The number of nitrogens with one attached hydrogen (secondary N) is 2. The van der Waals surface area contributed by atoms with E-state index in [1.807, 2.05) is 4.90 Å². The molecule has 3 rings (SSSR count). The summed E-state index contributed by atoms with van der Waals surface area (Å²) in [5, 5.41) is 0. The number of amides is 1. The molecule has 0 radical (unpaired) electrons. The van der Waals surface area contributed by atoms with Crippen LogP contribution in [-0.4, -0.2) is 33.9 Å². The number of rotatable bonds is 5. The maximum Gasteiger partial charge on any atom is 0.325 e. The summed E-state index contributed by atoms with van der Waals surface area (Å²) in [5.74, 6) is 0.438. The van der Waals surface area contributed by atoms with E-state index in [2.05, 4.69) is 41.2 Å². The van der Waals surface area contributed by atoms with E-state index in [-0.39, 0.29) is 12.3 Å². The molecule has 1 aliphatic rings. The third kappa shape index (κ3) is 4.76. The molecule has 1 aromatic carbocycles. The van der Waals surface area contributed by atoms with Gasteiger partial charge in [0.2, 0.25) is 5.91 Å². The minimum Gasteiger partial charge on any atom is -0.342 e. The Morgan fingerprint density at radius 2 is 1.96 bits per heavy atom. The summed E-state index contributed by atoms with van der Waals surface area (Å²) < 4.78 is 0. The Labute approximate surface area is 158 Å². The van der Waals surface area contributed by atoms with Gasteiger partial charge in [-0.1, -0.05) is 24.3 Å². The SMILES string of the molecule is Cc1ccccc1CC[C@H]1CCCN(C(=O)Cc2c(C)[nH]c(=O)[nH]c2=O)C1. The fourth-order valence-electron chi connectivity index (χ4n) is 3.88. The largest absolute Gasteiger partial charge is 0.342 e. The molecule has 1 saturated heterocycles. The van der Waals surface area contributed by atoms with Crippen LogP contribution in [0, 0.1) is 19.8 Å². The van der Waals surface area contributed by atoms with Crippen molar-refractivity contribution in [3.63, 3.8) is 0 Å². The smallest absolute Gasteiger partial charge is 0.325 e. The maximum atomic E-state index is 12.7. The second kappa shape index (κ2) is 8.37. The summed E-state index contributed by atoms with van der Waals surface area (Å²) in [5.41, 5.74) is 2.48. The first-order valence-corrected chi connectivity index (χ1v) is 9.58. The zero-order valence-electron chi connectivity index (χ0n) is 16.0. The molecule has 6 heteroatoms. The summed E-state index contributed by atoms with van der Waals surface area (Å²) in [6.45, 7) is 5.27. The van der Waals surface area contributed by atoms with Crippen LogP contribution in [0.2, 0.25) is 0 Å². The molecule has 0 saturated carbocycles. The first-order valence-electron chi connectivity index (χ1n) is 9.58. The number of benzene rings is 1. The van der Waals surface area contributed by atoms with E-state index in [0.29, 0.717) is 17.2 Å². The average Bonchev–Trinajstić information content (AvgIpc) is 2.64. The second-order valence-electron chi connectivity index (χ2n) is 7.50. The van der Waals surface area contributed by atoms with E-state index >= 15 is 0 Å². The number of carbonyl (C=O) groups is 1. The topological polar surface area (TPSA) is 86.0 Å². The molecule has 6 nitrogen and oxygen atoms in total. The van der Waals surface area contributed by atoms with Gasteiger partial charge in [-0.15, -0.1) is 0 Å². The van der Waals surface area contributed by atoms with Gasteiger partial charge in [0.25, 0.3) is 5.56 Å². The number of hydrogen-bond donors (Lipinski definition) is 2. The maximum absolute atomic E-state index is 12.7. The Morgan fingerprint density at radius 3 is 2.70 bits per heavy atom. The Bertz CT molecular complexity index is 929. The van der Waals surface area contributed by atoms with E-state index in [9.17, 15) is 14.4 Å². The predicted molar refractivity (Wildman–Crippen MR) is 105 cm³/mol. The van der Waals surface area contributed by atoms with Crippen LogP contribution in [0.5, 0.6) is 0 Å². The van der Waals surface area contributed by atoms with Crippen LogP contribution in [0.3, 0.4) is 0 Å². The fourth-order valence-corrected chi connectivity index (χ4v) is 3.88. The van der Waals surface area contributed by atoms with E-state index < -0.39 is 11.2 Å². The lowest BCUT2D eigenvalue weighted by molar-refractivity contribution is -0.132. The van der Waals surface area contributed by atoms with Crippen LogP contribution >= 0.6 is 0 Å². The number of aromatic amines is 2. The lowest BCUT2D eigenvalue weighted by Crippen LogP contribution is -2.42. The van der Waals surface area contributed by atoms with Crippen LogP contribution < -0.4 is 11.2 Å². The van der Waals surface area contributed by atoms with Gasteiger partial charge in [-0.2, -0.15) is 0 Å². The number of hydrogen-bond acceptors (Lipinski definition) is 3. The molecule has 0 bridgehead atoms. The van der Waals surface area contributed by atoms with Crippen molar-refractivity contribution < 1.29 is 4.79 Å².